The Morgan fingerprint density at radius 2 is 1.72 bits per heavy atom. The van der Waals surface area contributed by atoms with Gasteiger partial charge in [0.05, 0.1) is 6.54 Å². The van der Waals surface area contributed by atoms with Crippen LogP contribution >= 0.6 is 0 Å². The maximum Gasteiger partial charge on any atom is 0.271 e. The molecule has 2 aromatic rings. The van der Waals surface area contributed by atoms with E-state index < -0.39 is 5.72 Å². The third-order valence-corrected chi connectivity index (χ3v) is 5.38. The minimum Gasteiger partial charge on any atom is -0.346 e. The van der Waals surface area contributed by atoms with Crippen molar-refractivity contribution in [3.63, 3.8) is 0 Å². The Morgan fingerprint density at radius 1 is 1.00 bits per heavy atom. The molecule has 0 spiro atoms. The van der Waals surface area contributed by atoms with Gasteiger partial charge in [-0.25, -0.2) is 13.9 Å². The molecule has 0 aliphatic carbocycles. The number of amidine groups is 1. The van der Waals surface area contributed by atoms with Gasteiger partial charge in [0.15, 0.2) is 6.54 Å². The third kappa shape index (κ3) is 2.85. The van der Waals surface area contributed by atoms with Gasteiger partial charge in [-0.1, -0.05) is 17.7 Å². The Bertz CT molecular complexity index is 798. The number of anilines is 1. The van der Waals surface area contributed by atoms with Gasteiger partial charge in [0, 0.05) is 12.0 Å². The standard InChI is InChI=1S/C21H24FN2O/c1-16-6-12-19(13-7-16)23-15-21(25,17-8-10-18(22)11-9-17)24-14-4-2-3-5-20(23)24/h6-13,25H,2-5,14-15H2,1H3/q+1/t21-/m1/s1. The van der Waals surface area contributed by atoms with E-state index in [0.717, 1.165) is 37.1 Å². The Balaban J connectivity index is 1.79. The topological polar surface area (TPSA) is 26.5 Å². The average molecular weight is 339 g/mol. The fraction of sp³-hybridized carbons (Fsp3) is 0.381. The van der Waals surface area contributed by atoms with Gasteiger partial charge >= 0.3 is 0 Å². The van der Waals surface area contributed by atoms with Crippen molar-refractivity contribution in [3.05, 3.63) is 65.5 Å². The zero-order valence-electron chi connectivity index (χ0n) is 14.6. The van der Waals surface area contributed by atoms with E-state index in [1.54, 1.807) is 12.1 Å². The largest absolute Gasteiger partial charge is 0.346 e. The summed E-state index contributed by atoms with van der Waals surface area (Å²) in [5.74, 6) is 0.897. The van der Waals surface area contributed by atoms with Crippen LogP contribution in [0.4, 0.5) is 10.1 Å². The summed E-state index contributed by atoms with van der Waals surface area (Å²) in [7, 11) is 0. The molecule has 3 nitrogen and oxygen atoms in total. The van der Waals surface area contributed by atoms with E-state index in [0.29, 0.717) is 6.54 Å². The number of nitrogens with zero attached hydrogens (tertiary/aromatic N) is 2. The molecular formula is C21H24FN2O+. The van der Waals surface area contributed by atoms with Crippen molar-refractivity contribution < 1.29 is 14.1 Å². The minimum atomic E-state index is -1.11. The number of benzene rings is 2. The van der Waals surface area contributed by atoms with Crippen LogP contribution in [0.2, 0.25) is 0 Å². The van der Waals surface area contributed by atoms with Crippen LogP contribution in [0.3, 0.4) is 0 Å². The van der Waals surface area contributed by atoms with E-state index in [4.69, 9.17) is 0 Å². The van der Waals surface area contributed by atoms with Crippen molar-refractivity contribution in [2.24, 2.45) is 0 Å². The summed E-state index contributed by atoms with van der Waals surface area (Å²) in [5, 5.41) is 11.6. The monoisotopic (exact) mass is 339 g/mol. The van der Waals surface area contributed by atoms with Crippen LogP contribution in [-0.2, 0) is 5.72 Å². The number of β-amino-alcohol motifs (C(OH)–C–C–N with tert-alkyl or cyclic N) is 1. The molecular weight excluding hydrogens is 315 g/mol. The van der Waals surface area contributed by atoms with Crippen LogP contribution in [0.5, 0.6) is 0 Å². The maximum absolute atomic E-state index is 13.4. The summed E-state index contributed by atoms with van der Waals surface area (Å²) in [4.78, 5) is 2.23. The number of hydrogen-bond acceptors (Lipinski definition) is 2. The smallest absolute Gasteiger partial charge is 0.271 e. The molecule has 2 aliphatic rings. The molecule has 4 rings (SSSR count). The fourth-order valence-electron chi connectivity index (χ4n) is 4.00. The van der Waals surface area contributed by atoms with E-state index in [2.05, 4.69) is 40.7 Å². The van der Waals surface area contributed by atoms with Gasteiger partial charge < -0.3 is 5.11 Å². The molecule has 2 heterocycles. The van der Waals surface area contributed by atoms with E-state index in [1.165, 1.54) is 30.0 Å². The zero-order chi connectivity index (χ0) is 17.4. The molecule has 25 heavy (non-hydrogen) atoms. The molecule has 0 fully saturated rings. The van der Waals surface area contributed by atoms with Crippen molar-refractivity contribution in [2.45, 2.75) is 38.3 Å². The minimum absolute atomic E-state index is 0.277. The quantitative estimate of drug-likeness (QED) is 0.843. The molecule has 0 saturated carbocycles. The number of aryl methyl sites for hydroxylation is 1. The van der Waals surface area contributed by atoms with Crippen LogP contribution in [0, 0.1) is 12.7 Å². The SMILES string of the molecule is Cc1ccc(N2C[C@@](O)(c3ccc(F)cc3)[N+]3=C2CCCCC3)cc1. The summed E-state index contributed by atoms with van der Waals surface area (Å²) in [5.41, 5.74) is 1.96. The second-order valence-electron chi connectivity index (χ2n) is 7.12. The van der Waals surface area contributed by atoms with Gasteiger partial charge in [0.2, 0.25) is 0 Å². The van der Waals surface area contributed by atoms with E-state index in [9.17, 15) is 9.50 Å². The lowest BCUT2D eigenvalue weighted by atomic mass is 10.0. The molecule has 130 valence electrons. The Kier molecular flexibility index (Phi) is 4.08. The summed E-state index contributed by atoms with van der Waals surface area (Å²) in [6.07, 6.45) is 4.32. The predicted octanol–water partition coefficient (Wildman–Crippen LogP) is 3.78. The lowest BCUT2D eigenvalue weighted by Crippen LogP contribution is -2.41. The normalized spacial score (nSPS) is 23.6. The zero-order valence-corrected chi connectivity index (χ0v) is 14.6. The van der Waals surface area contributed by atoms with Gasteiger partial charge in [-0.2, -0.15) is 0 Å². The van der Waals surface area contributed by atoms with E-state index in [1.807, 2.05) is 0 Å². The summed E-state index contributed by atoms with van der Waals surface area (Å²) in [6, 6.07) is 14.7. The second kappa shape index (κ2) is 6.26. The number of rotatable bonds is 2. The molecule has 2 aliphatic heterocycles. The molecule has 1 N–H and O–H groups in total. The van der Waals surface area contributed by atoms with Crippen molar-refractivity contribution in [1.29, 1.82) is 0 Å². The maximum atomic E-state index is 13.4. The number of halogens is 1. The molecule has 2 aromatic carbocycles. The Labute approximate surface area is 148 Å². The van der Waals surface area contributed by atoms with Gasteiger partial charge in [0.1, 0.15) is 11.5 Å². The Hall–Kier alpha value is -2.20. The highest BCUT2D eigenvalue weighted by Crippen LogP contribution is 2.35. The summed E-state index contributed by atoms with van der Waals surface area (Å²) < 4.78 is 15.5. The molecule has 1 atom stereocenters. The summed E-state index contributed by atoms with van der Waals surface area (Å²) >= 11 is 0. The molecule has 4 heteroatoms. The third-order valence-electron chi connectivity index (χ3n) is 5.38. The average Bonchev–Trinajstić information content (AvgIpc) is 2.78. The Morgan fingerprint density at radius 3 is 2.44 bits per heavy atom. The van der Waals surface area contributed by atoms with Crippen molar-refractivity contribution in [1.82, 2.24) is 0 Å². The van der Waals surface area contributed by atoms with Crippen LogP contribution in [0.15, 0.2) is 48.5 Å². The lowest BCUT2D eigenvalue weighted by Gasteiger charge is -2.23. The van der Waals surface area contributed by atoms with Gasteiger partial charge in [-0.05, 0) is 62.6 Å². The fourth-order valence-corrected chi connectivity index (χ4v) is 4.00. The molecule has 0 bridgehead atoms. The van der Waals surface area contributed by atoms with Crippen LogP contribution in [0.1, 0.15) is 36.8 Å². The highest BCUT2D eigenvalue weighted by Gasteiger charge is 2.51. The first-order chi connectivity index (χ1) is 12.1. The number of hydrogen-bond donors (Lipinski definition) is 1. The molecule has 0 aromatic heterocycles. The molecule has 0 radical (unpaired) electrons. The predicted molar refractivity (Wildman–Crippen MR) is 97.4 cm³/mol. The molecule has 0 saturated heterocycles. The first kappa shape index (κ1) is 16.3. The van der Waals surface area contributed by atoms with E-state index in [-0.39, 0.29) is 5.82 Å². The van der Waals surface area contributed by atoms with Crippen molar-refractivity contribution >= 4 is 11.5 Å². The second-order valence-corrected chi connectivity index (χ2v) is 7.12. The van der Waals surface area contributed by atoms with Crippen LogP contribution in [-0.4, -0.2) is 28.6 Å². The van der Waals surface area contributed by atoms with Gasteiger partial charge in [-0.15, -0.1) is 0 Å². The lowest BCUT2D eigenvalue weighted by molar-refractivity contribution is -0.658. The molecule has 0 unspecified atom stereocenters. The van der Waals surface area contributed by atoms with E-state index >= 15 is 0 Å². The first-order valence-corrected chi connectivity index (χ1v) is 9.04. The first-order valence-electron chi connectivity index (χ1n) is 9.04. The number of aliphatic hydroxyl groups is 1. The van der Waals surface area contributed by atoms with Crippen LogP contribution in [0.25, 0.3) is 0 Å². The van der Waals surface area contributed by atoms with Crippen molar-refractivity contribution in [3.8, 4) is 0 Å². The summed E-state index contributed by atoms with van der Waals surface area (Å²) in [6.45, 7) is 3.37. The highest BCUT2D eigenvalue weighted by molar-refractivity contribution is 5.95. The molecule has 0 amide bonds. The highest BCUT2D eigenvalue weighted by atomic mass is 19.1. The van der Waals surface area contributed by atoms with Gasteiger partial charge in [-0.3, -0.25) is 0 Å². The van der Waals surface area contributed by atoms with Gasteiger partial charge in [0.25, 0.3) is 11.6 Å². The van der Waals surface area contributed by atoms with Crippen LogP contribution < -0.4 is 4.90 Å². The van der Waals surface area contributed by atoms with Crippen molar-refractivity contribution in [2.75, 3.05) is 18.0 Å².